The van der Waals surface area contributed by atoms with Crippen LogP contribution in [0.2, 0.25) is 0 Å². The molecule has 1 fully saturated rings. The van der Waals surface area contributed by atoms with Crippen LogP contribution in [0.4, 0.5) is 0 Å². The highest BCUT2D eigenvalue weighted by Gasteiger charge is 2.64. The summed E-state index contributed by atoms with van der Waals surface area (Å²) < 4.78 is 4.95. The number of carbonyl (C=O) groups is 2. The molecule has 0 aromatic heterocycles. The molecule has 116 valence electrons. The van der Waals surface area contributed by atoms with Gasteiger partial charge in [0, 0.05) is 20.3 Å². The molecule has 5 heteroatoms. The SMILES string of the molecule is COCCCNC(=O)C1(C)CCC(C)(C(=O)O)C1(C)C. The van der Waals surface area contributed by atoms with Crippen molar-refractivity contribution in [1.29, 1.82) is 0 Å². The largest absolute Gasteiger partial charge is 0.481 e. The number of carbonyl (C=O) groups excluding carboxylic acids is 1. The van der Waals surface area contributed by atoms with E-state index < -0.39 is 22.2 Å². The molecule has 20 heavy (non-hydrogen) atoms. The van der Waals surface area contributed by atoms with Crippen LogP contribution < -0.4 is 5.32 Å². The van der Waals surface area contributed by atoms with Gasteiger partial charge in [-0.25, -0.2) is 0 Å². The van der Waals surface area contributed by atoms with Crippen LogP contribution in [0.5, 0.6) is 0 Å². The summed E-state index contributed by atoms with van der Waals surface area (Å²) in [7, 11) is 1.63. The van der Waals surface area contributed by atoms with Crippen LogP contribution in [-0.4, -0.2) is 37.2 Å². The number of carboxylic acid groups (broad SMARTS) is 1. The maximum Gasteiger partial charge on any atom is 0.309 e. The molecule has 0 saturated heterocycles. The van der Waals surface area contributed by atoms with E-state index >= 15 is 0 Å². The van der Waals surface area contributed by atoms with Gasteiger partial charge in [0.25, 0.3) is 0 Å². The third kappa shape index (κ3) is 2.43. The molecule has 0 aromatic carbocycles. The van der Waals surface area contributed by atoms with Crippen LogP contribution in [-0.2, 0) is 14.3 Å². The van der Waals surface area contributed by atoms with Gasteiger partial charge in [-0.2, -0.15) is 0 Å². The maximum atomic E-state index is 12.5. The zero-order valence-corrected chi connectivity index (χ0v) is 13.2. The van der Waals surface area contributed by atoms with E-state index in [4.69, 9.17) is 4.74 Å². The minimum Gasteiger partial charge on any atom is -0.481 e. The van der Waals surface area contributed by atoms with Gasteiger partial charge in [0.1, 0.15) is 0 Å². The Bertz CT molecular complexity index is 393. The number of carboxylic acids is 1. The van der Waals surface area contributed by atoms with Crippen LogP contribution in [0, 0.1) is 16.2 Å². The van der Waals surface area contributed by atoms with E-state index in [0.29, 0.717) is 26.0 Å². The molecular weight excluding hydrogens is 258 g/mol. The molecule has 0 aliphatic heterocycles. The van der Waals surface area contributed by atoms with Gasteiger partial charge in [-0.3, -0.25) is 9.59 Å². The molecule has 1 aliphatic carbocycles. The first-order valence-corrected chi connectivity index (χ1v) is 7.14. The molecule has 1 rings (SSSR count). The molecule has 1 amide bonds. The summed E-state index contributed by atoms with van der Waals surface area (Å²) in [6.07, 6.45) is 1.88. The molecule has 2 unspecified atom stereocenters. The lowest BCUT2D eigenvalue weighted by Gasteiger charge is -2.44. The fraction of sp³-hybridized carbons (Fsp3) is 0.867. The van der Waals surface area contributed by atoms with E-state index in [0.717, 1.165) is 6.42 Å². The topological polar surface area (TPSA) is 75.6 Å². The van der Waals surface area contributed by atoms with Gasteiger partial charge >= 0.3 is 5.97 Å². The third-order valence-electron chi connectivity index (χ3n) is 5.67. The summed E-state index contributed by atoms with van der Waals surface area (Å²) in [5, 5.41) is 12.4. The highest BCUT2D eigenvalue weighted by Crippen LogP contribution is 2.62. The highest BCUT2D eigenvalue weighted by molar-refractivity contribution is 5.86. The number of aliphatic carboxylic acids is 1. The minimum absolute atomic E-state index is 0.0522. The summed E-state index contributed by atoms with van der Waals surface area (Å²) in [5.41, 5.74) is -2.13. The first-order chi connectivity index (χ1) is 9.13. The molecule has 2 atom stereocenters. The van der Waals surface area contributed by atoms with Crippen LogP contribution in [0.25, 0.3) is 0 Å². The summed E-state index contributed by atoms with van der Waals surface area (Å²) in [6, 6.07) is 0. The Morgan fingerprint density at radius 3 is 2.15 bits per heavy atom. The Kier molecular flexibility index (Phi) is 4.85. The summed E-state index contributed by atoms with van der Waals surface area (Å²) in [5.74, 6) is -0.873. The molecule has 2 N–H and O–H groups in total. The molecule has 1 aliphatic rings. The Hall–Kier alpha value is -1.10. The normalized spacial score (nSPS) is 32.0. The minimum atomic E-state index is -0.869. The van der Waals surface area contributed by atoms with Crippen LogP contribution in [0.15, 0.2) is 0 Å². The number of amides is 1. The first kappa shape index (κ1) is 17.0. The van der Waals surface area contributed by atoms with Crippen molar-refractivity contribution in [1.82, 2.24) is 5.32 Å². The lowest BCUT2D eigenvalue weighted by Crippen LogP contribution is -2.51. The van der Waals surface area contributed by atoms with Gasteiger partial charge in [-0.05, 0) is 31.6 Å². The molecule has 0 aromatic rings. The van der Waals surface area contributed by atoms with Crippen molar-refractivity contribution in [3.8, 4) is 0 Å². The van der Waals surface area contributed by atoms with E-state index in [1.807, 2.05) is 20.8 Å². The monoisotopic (exact) mass is 285 g/mol. The quantitative estimate of drug-likeness (QED) is 0.732. The lowest BCUT2D eigenvalue weighted by atomic mass is 9.59. The van der Waals surface area contributed by atoms with Gasteiger partial charge in [-0.1, -0.05) is 20.8 Å². The van der Waals surface area contributed by atoms with Crippen molar-refractivity contribution in [2.45, 2.75) is 47.0 Å². The van der Waals surface area contributed by atoms with Crippen molar-refractivity contribution in [3.63, 3.8) is 0 Å². The summed E-state index contributed by atoms with van der Waals surface area (Å²) in [6.45, 7) is 8.58. The number of nitrogens with one attached hydrogen (secondary N) is 1. The van der Waals surface area contributed by atoms with Gasteiger partial charge < -0.3 is 15.2 Å². The standard InChI is InChI=1S/C15H27NO4/c1-13(2)14(3,7-8-15(13,4)12(18)19)11(17)16-9-6-10-20-5/h6-10H2,1-5H3,(H,16,17)(H,18,19). The maximum absolute atomic E-state index is 12.5. The molecule has 0 spiro atoms. The fourth-order valence-corrected chi connectivity index (χ4v) is 3.12. The molecular formula is C15H27NO4. The zero-order chi connectivity index (χ0) is 15.6. The van der Waals surface area contributed by atoms with Gasteiger partial charge in [0.2, 0.25) is 5.91 Å². The number of hydrogen-bond acceptors (Lipinski definition) is 3. The van der Waals surface area contributed by atoms with Crippen molar-refractivity contribution in [3.05, 3.63) is 0 Å². The molecule has 5 nitrogen and oxygen atoms in total. The second kappa shape index (κ2) is 5.72. The molecule has 0 radical (unpaired) electrons. The molecule has 1 saturated carbocycles. The first-order valence-electron chi connectivity index (χ1n) is 7.14. The van der Waals surface area contributed by atoms with Crippen LogP contribution >= 0.6 is 0 Å². The van der Waals surface area contributed by atoms with Crippen molar-refractivity contribution in [2.75, 3.05) is 20.3 Å². The number of hydrogen-bond donors (Lipinski definition) is 2. The van der Waals surface area contributed by atoms with Crippen LogP contribution in [0.1, 0.15) is 47.0 Å². The van der Waals surface area contributed by atoms with E-state index in [1.165, 1.54) is 0 Å². The van der Waals surface area contributed by atoms with E-state index in [-0.39, 0.29) is 5.91 Å². The van der Waals surface area contributed by atoms with Gasteiger partial charge in [0.15, 0.2) is 0 Å². The fourth-order valence-electron chi connectivity index (χ4n) is 3.12. The van der Waals surface area contributed by atoms with Gasteiger partial charge in [-0.15, -0.1) is 0 Å². The van der Waals surface area contributed by atoms with Crippen LogP contribution in [0.3, 0.4) is 0 Å². The lowest BCUT2D eigenvalue weighted by molar-refractivity contribution is -0.158. The van der Waals surface area contributed by atoms with E-state index in [2.05, 4.69) is 5.32 Å². The van der Waals surface area contributed by atoms with Crippen molar-refractivity contribution < 1.29 is 19.4 Å². The second-order valence-corrected chi connectivity index (χ2v) is 6.70. The summed E-state index contributed by atoms with van der Waals surface area (Å²) in [4.78, 5) is 24.1. The number of rotatable bonds is 6. The Balaban J connectivity index is 2.83. The smallest absolute Gasteiger partial charge is 0.309 e. The van der Waals surface area contributed by atoms with E-state index in [9.17, 15) is 14.7 Å². The molecule has 0 bridgehead atoms. The highest BCUT2D eigenvalue weighted by atomic mass is 16.5. The Morgan fingerprint density at radius 1 is 1.15 bits per heavy atom. The second-order valence-electron chi connectivity index (χ2n) is 6.70. The number of ether oxygens (including phenoxy) is 1. The zero-order valence-electron chi connectivity index (χ0n) is 13.2. The average molecular weight is 285 g/mol. The Labute approximate surface area is 121 Å². The van der Waals surface area contributed by atoms with Crippen molar-refractivity contribution in [2.24, 2.45) is 16.2 Å². The predicted octanol–water partition coefficient (Wildman–Crippen LogP) is 2.06. The predicted molar refractivity (Wildman–Crippen MR) is 76.4 cm³/mol. The Morgan fingerprint density at radius 2 is 1.70 bits per heavy atom. The van der Waals surface area contributed by atoms with Gasteiger partial charge in [0.05, 0.1) is 10.8 Å². The summed E-state index contributed by atoms with van der Waals surface area (Å²) >= 11 is 0. The average Bonchev–Trinajstić information content (AvgIpc) is 2.57. The number of methoxy groups -OCH3 is 1. The van der Waals surface area contributed by atoms with Crippen molar-refractivity contribution >= 4 is 11.9 Å². The van der Waals surface area contributed by atoms with E-state index in [1.54, 1.807) is 14.0 Å². The third-order valence-corrected chi connectivity index (χ3v) is 5.67. The molecule has 0 heterocycles.